The number of likely N-dealkylation sites (N-methyl/N-ethyl adjacent to an activating group) is 1. The van der Waals surface area contributed by atoms with Gasteiger partial charge in [0.05, 0.1) is 11.3 Å². The molecule has 2 heterocycles. The Labute approximate surface area is 188 Å². The van der Waals surface area contributed by atoms with Crippen molar-refractivity contribution >= 4 is 34.7 Å². The lowest BCUT2D eigenvalue weighted by Crippen LogP contribution is -2.43. The van der Waals surface area contributed by atoms with Crippen LogP contribution in [0.2, 0.25) is 5.02 Å². The number of aryl methyl sites for hydroxylation is 1. The van der Waals surface area contributed by atoms with Crippen molar-refractivity contribution in [2.75, 3.05) is 32.1 Å². The van der Waals surface area contributed by atoms with Crippen molar-refractivity contribution < 1.29 is 9.59 Å². The highest BCUT2D eigenvalue weighted by Gasteiger charge is 2.43. The standard InChI is InChI=1S/C25H28ClN3O2/c1-4-17-5-11-21(12-6-17)29-24(30)22(18-7-9-19(26)10-8-18)23(25(29)31)28(3)20-13-15-27(2)16-14-20/h5-12,20H,4,13-16H2,1-3H3. The van der Waals surface area contributed by atoms with E-state index in [1.54, 1.807) is 12.1 Å². The first kappa shape index (κ1) is 21.6. The van der Waals surface area contributed by atoms with E-state index in [9.17, 15) is 9.59 Å². The monoisotopic (exact) mass is 437 g/mol. The maximum absolute atomic E-state index is 13.6. The predicted octanol–water partition coefficient (Wildman–Crippen LogP) is 4.21. The van der Waals surface area contributed by atoms with Crippen molar-refractivity contribution in [3.63, 3.8) is 0 Å². The lowest BCUT2D eigenvalue weighted by molar-refractivity contribution is -0.120. The van der Waals surface area contributed by atoms with Crippen LogP contribution in [-0.2, 0) is 16.0 Å². The van der Waals surface area contributed by atoms with E-state index in [4.69, 9.17) is 11.6 Å². The first-order chi connectivity index (χ1) is 14.9. The van der Waals surface area contributed by atoms with Crippen LogP contribution in [0.1, 0.15) is 30.9 Å². The summed E-state index contributed by atoms with van der Waals surface area (Å²) in [4.78, 5) is 32.9. The van der Waals surface area contributed by atoms with E-state index in [1.165, 1.54) is 4.90 Å². The Kier molecular flexibility index (Phi) is 6.17. The summed E-state index contributed by atoms with van der Waals surface area (Å²) in [5.74, 6) is -0.549. The zero-order chi connectivity index (χ0) is 22.1. The van der Waals surface area contributed by atoms with E-state index < -0.39 is 0 Å². The van der Waals surface area contributed by atoms with Crippen LogP contribution in [-0.4, -0.2) is 54.8 Å². The average molecular weight is 438 g/mol. The largest absolute Gasteiger partial charge is 0.366 e. The van der Waals surface area contributed by atoms with Gasteiger partial charge in [-0.1, -0.05) is 42.8 Å². The molecule has 0 bridgehead atoms. The second-order valence-electron chi connectivity index (χ2n) is 8.34. The van der Waals surface area contributed by atoms with Crippen LogP contribution >= 0.6 is 11.6 Å². The summed E-state index contributed by atoms with van der Waals surface area (Å²) >= 11 is 6.08. The maximum atomic E-state index is 13.6. The molecule has 0 N–H and O–H groups in total. The number of carbonyl (C=O) groups excluding carboxylic acids is 2. The van der Waals surface area contributed by atoms with E-state index in [-0.39, 0.29) is 17.9 Å². The molecule has 2 aliphatic heterocycles. The van der Waals surface area contributed by atoms with Gasteiger partial charge in [-0.05, 0) is 74.8 Å². The Morgan fingerprint density at radius 1 is 0.968 bits per heavy atom. The minimum Gasteiger partial charge on any atom is -0.366 e. The molecule has 0 spiro atoms. The Bertz CT molecular complexity index is 1010. The number of benzene rings is 2. The van der Waals surface area contributed by atoms with Crippen LogP contribution in [0.3, 0.4) is 0 Å². The van der Waals surface area contributed by atoms with Gasteiger partial charge in [-0.3, -0.25) is 9.59 Å². The molecule has 1 saturated heterocycles. The average Bonchev–Trinajstić information content (AvgIpc) is 3.04. The van der Waals surface area contributed by atoms with Gasteiger partial charge in [0.2, 0.25) is 0 Å². The first-order valence-electron chi connectivity index (χ1n) is 10.8. The zero-order valence-corrected chi connectivity index (χ0v) is 19.0. The fraction of sp³-hybridized carbons (Fsp3) is 0.360. The number of rotatable bonds is 5. The number of hydrogen-bond acceptors (Lipinski definition) is 4. The Morgan fingerprint density at radius 2 is 1.58 bits per heavy atom. The highest BCUT2D eigenvalue weighted by molar-refractivity contribution is 6.45. The molecule has 0 aromatic heterocycles. The maximum Gasteiger partial charge on any atom is 0.282 e. The molecule has 6 heteroatoms. The third kappa shape index (κ3) is 4.12. The van der Waals surface area contributed by atoms with Crippen LogP contribution in [0.15, 0.2) is 54.2 Å². The van der Waals surface area contributed by atoms with Gasteiger partial charge in [0.15, 0.2) is 0 Å². The fourth-order valence-corrected chi connectivity index (χ4v) is 4.53. The molecule has 2 aromatic carbocycles. The summed E-state index contributed by atoms with van der Waals surface area (Å²) in [6, 6.07) is 15.0. The minimum absolute atomic E-state index is 0.215. The molecule has 4 rings (SSSR count). The molecule has 0 saturated carbocycles. The predicted molar refractivity (Wildman–Crippen MR) is 125 cm³/mol. The van der Waals surface area contributed by atoms with Gasteiger partial charge in [-0.2, -0.15) is 0 Å². The highest BCUT2D eigenvalue weighted by Crippen LogP contribution is 2.36. The smallest absolute Gasteiger partial charge is 0.282 e. The number of amides is 2. The quantitative estimate of drug-likeness (QED) is 0.657. The lowest BCUT2D eigenvalue weighted by atomic mass is 10.0. The number of hydrogen-bond donors (Lipinski definition) is 0. The lowest BCUT2D eigenvalue weighted by Gasteiger charge is -2.36. The number of halogens is 1. The van der Waals surface area contributed by atoms with E-state index in [0.29, 0.717) is 27.5 Å². The van der Waals surface area contributed by atoms with Crippen LogP contribution in [0, 0.1) is 0 Å². The van der Waals surface area contributed by atoms with E-state index >= 15 is 0 Å². The Balaban J connectivity index is 1.76. The van der Waals surface area contributed by atoms with Crippen LogP contribution in [0.5, 0.6) is 0 Å². The van der Waals surface area contributed by atoms with Crippen molar-refractivity contribution in [1.29, 1.82) is 0 Å². The number of likely N-dealkylation sites (tertiary alicyclic amines) is 1. The second kappa shape index (κ2) is 8.85. The van der Waals surface area contributed by atoms with E-state index in [1.807, 2.05) is 48.3 Å². The number of anilines is 1. The molecule has 162 valence electrons. The number of nitrogens with zero attached hydrogens (tertiary/aromatic N) is 3. The molecule has 5 nitrogen and oxygen atoms in total. The van der Waals surface area contributed by atoms with E-state index in [0.717, 1.165) is 37.9 Å². The molecule has 2 aliphatic rings. The Morgan fingerprint density at radius 3 is 2.16 bits per heavy atom. The topological polar surface area (TPSA) is 43.9 Å². The van der Waals surface area contributed by atoms with Crippen molar-refractivity contribution in [2.24, 2.45) is 0 Å². The summed E-state index contributed by atoms with van der Waals surface area (Å²) in [6.45, 7) is 4.03. The molecule has 31 heavy (non-hydrogen) atoms. The van der Waals surface area contributed by atoms with Crippen molar-refractivity contribution in [1.82, 2.24) is 9.80 Å². The number of carbonyl (C=O) groups is 2. The van der Waals surface area contributed by atoms with Gasteiger partial charge in [0.1, 0.15) is 5.70 Å². The summed E-state index contributed by atoms with van der Waals surface area (Å²) in [6.07, 6.45) is 2.81. The normalized spacial score (nSPS) is 18.3. The summed E-state index contributed by atoms with van der Waals surface area (Å²) < 4.78 is 0. The van der Waals surface area contributed by atoms with Crippen molar-refractivity contribution in [3.8, 4) is 0 Å². The molecule has 0 aliphatic carbocycles. The first-order valence-corrected chi connectivity index (χ1v) is 11.2. The van der Waals surface area contributed by atoms with Crippen LogP contribution in [0.4, 0.5) is 5.69 Å². The molecule has 0 unspecified atom stereocenters. The minimum atomic E-state index is -0.286. The summed E-state index contributed by atoms with van der Waals surface area (Å²) in [7, 11) is 4.05. The third-order valence-electron chi connectivity index (χ3n) is 6.38. The molecule has 1 fully saturated rings. The van der Waals surface area contributed by atoms with Gasteiger partial charge in [0.25, 0.3) is 11.8 Å². The SMILES string of the molecule is CCc1ccc(N2C(=O)C(c3ccc(Cl)cc3)=C(N(C)C3CCN(C)CC3)C2=O)cc1. The van der Waals surface area contributed by atoms with Crippen molar-refractivity contribution in [3.05, 3.63) is 70.4 Å². The zero-order valence-electron chi connectivity index (χ0n) is 18.3. The van der Waals surface area contributed by atoms with Crippen molar-refractivity contribution in [2.45, 2.75) is 32.2 Å². The van der Waals surface area contributed by atoms with Gasteiger partial charge < -0.3 is 9.80 Å². The van der Waals surface area contributed by atoms with Crippen LogP contribution in [0.25, 0.3) is 5.57 Å². The highest BCUT2D eigenvalue weighted by atomic mass is 35.5. The van der Waals surface area contributed by atoms with Gasteiger partial charge >= 0.3 is 0 Å². The van der Waals surface area contributed by atoms with Gasteiger partial charge in [-0.15, -0.1) is 0 Å². The molecule has 0 radical (unpaired) electrons. The second-order valence-corrected chi connectivity index (χ2v) is 8.78. The summed E-state index contributed by atoms with van der Waals surface area (Å²) in [5.41, 5.74) is 3.40. The molecular weight excluding hydrogens is 410 g/mol. The fourth-order valence-electron chi connectivity index (χ4n) is 4.40. The molecule has 2 aromatic rings. The molecular formula is C25H28ClN3O2. The molecule has 2 amide bonds. The molecule has 0 atom stereocenters. The third-order valence-corrected chi connectivity index (χ3v) is 6.64. The van der Waals surface area contributed by atoms with Gasteiger partial charge in [-0.25, -0.2) is 4.90 Å². The van der Waals surface area contributed by atoms with E-state index in [2.05, 4.69) is 18.9 Å². The number of piperidine rings is 1. The Hall–Kier alpha value is -2.63. The van der Waals surface area contributed by atoms with Gasteiger partial charge in [0, 0.05) is 18.1 Å². The summed E-state index contributed by atoms with van der Waals surface area (Å²) in [5, 5.41) is 0.596. The number of imide groups is 1. The van der Waals surface area contributed by atoms with Crippen LogP contribution < -0.4 is 4.90 Å².